The van der Waals surface area contributed by atoms with Gasteiger partial charge in [-0.1, -0.05) is 0 Å². The maximum atomic E-state index is 9.36. The Morgan fingerprint density at radius 3 is 3.00 bits per heavy atom. The van der Waals surface area contributed by atoms with Crippen molar-refractivity contribution >= 4 is 0 Å². The maximum absolute atomic E-state index is 9.36. The van der Waals surface area contributed by atoms with E-state index in [2.05, 4.69) is 17.7 Å². The number of nitrogens with zero attached hydrogens (tertiary/aromatic N) is 1. The zero-order chi connectivity index (χ0) is 8.97. The van der Waals surface area contributed by atoms with Crippen LogP contribution in [0.1, 0.15) is 26.2 Å². The summed E-state index contributed by atoms with van der Waals surface area (Å²) in [6.45, 7) is 4.12. The fraction of sp³-hybridized carbons (Fsp3) is 0.800. The van der Waals surface area contributed by atoms with Gasteiger partial charge in [-0.25, -0.2) is 0 Å². The third-order valence-electron chi connectivity index (χ3n) is 2.53. The number of piperidine rings is 1. The van der Waals surface area contributed by atoms with Crippen LogP contribution in [0, 0.1) is 12.3 Å². The summed E-state index contributed by atoms with van der Waals surface area (Å²) < 4.78 is 0. The number of hydrogen-bond donors (Lipinski definition) is 1. The molecular formula is C10H17NO. The number of rotatable bonds is 2. The second kappa shape index (κ2) is 4.49. The summed E-state index contributed by atoms with van der Waals surface area (Å²) >= 11 is 0. The lowest BCUT2D eigenvalue weighted by Crippen LogP contribution is -2.42. The van der Waals surface area contributed by atoms with E-state index in [1.807, 2.05) is 0 Å². The number of aliphatic hydroxyl groups is 1. The quantitative estimate of drug-likeness (QED) is 0.616. The van der Waals surface area contributed by atoms with Crippen molar-refractivity contribution in [2.24, 2.45) is 0 Å². The minimum Gasteiger partial charge on any atom is -0.393 e. The monoisotopic (exact) mass is 167 g/mol. The number of aliphatic hydroxyl groups excluding tert-OH is 1. The fourth-order valence-corrected chi connectivity index (χ4v) is 1.74. The van der Waals surface area contributed by atoms with Crippen LogP contribution < -0.4 is 0 Å². The van der Waals surface area contributed by atoms with E-state index in [0.29, 0.717) is 6.04 Å². The molecule has 1 fully saturated rings. The Morgan fingerprint density at radius 2 is 2.42 bits per heavy atom. The van der Waals surface area contributed by atoms with E-state index in [0.717, 1.165) is 32.4 Å². The van der Waals surface area contributed by atoms with Crippen molar-refractivity contribution in [2.45, 2.75) is 38.3 Å². The minimum absolute atomic E-state index is 0.0953. The van der Waals surface area contributed by atoms with Crippen molar-refractivity contribution in [3.63, 3.8) is 0 Å². The van der Waals surface area contributed by atoms with Crippen LogP contribution in [0.4, 0.5) is 0 Å². The Labute approximate surface area is 74.6 Å². The zero-order valence-electron chi connectivity index (χ0n) is 7.66. The maximum Gasteiger partial charge on any atom is 0.0567 e. The van der Waals surface area contributed by atoms with E-state index in [4.69, 9.17) is 6.42 Å². The smallest absolute Gasteiger partial charge is 0.0567 e. The average Bonchev–Trinajstić information content (AvgIpc) is 2.03. The molecule has 2 heteroatoms. The zero-order valence-corrected chi connectivity index (χ0v) is 7.66. The second-order valence-electron chi connectivity index (χ2n) is 3.52. The highest BCUT2D eigenvalue weighted by molar-refractivity contribution is 4.87. The van der Waals surface area contributed by atoms with E-state index in [9.17, 15) is 5.11 Å². The average molecular weight is 167 g/mol. The molecule has 0 amide bonds. The Bertz CT molecular complexity index is 173. The standard InChI is InChI=1S/C10H17NO/c1-3-4-6-11-7-5-10(12)8-9(11)2/h1,9-10,12H,4-8H2,2H3/t9-,10-/m0/s1. The summed E-state index contributed by atoms with van der Waals surface area (Å²) in [5.74, 6) is 2.64. The molecule has 1 aliphatic heterocycles. The van der Waals surface area contributed by atoms with Gasteiger partial charge in [0, 0.05) is 25.6 Å². The van der Waals surface area contributed by atoms with Gasteiger partial charge < -0.3 is 5.11 Å². The van der Waals surface area contributed by atoms with Gasteiger partial charge in [-0.2, -0.15) is 0 Å². The first-order valence-corrected chi connectivity index (χ1v) is 4.59. The highest BCUT2D eigenvalue weighted by Crippen LogP contribution is 2.16. The summed E-state index contributed by atoms with van der Waals surface area (Å²) in [5.41, 5.74) is 0. The molecule has 0 bridgehead atoms. The lowest BCUT2D eigenvalue weighted by atomic mass is 10.0. The van der Waals surface area contributed by atoms with Crippen LogP contribution in [-0.2, 0) is 0 Å². The molecule has 0 aliphatic carbocycles. The van der Waals surface area contributed by atoms with E-state index in [1.165, 1.54) is 0 Å². The Balaban J connectivity index is 2.30. The van der Waals surface area contributed by atoms with Crippen LogP contribution in [-0.4, -0.2) is 35.2 Å². The first-order chi connectivity index (χ1) is 5.74. The molecule has 1 N–H and O–H groups in total. The van der Waals surface area contributed by atoms with Crippen LogP contribution in [0.5, 0.6) is 0 Å². The summed E-state index contributed by atoms with van der Waals surface area (Å²) in [5, 5.41) is 9.36. The highest BCUT2D eigenvalue weighted by atomic mass is 16.3. The minimum atomic E-state index is -0.0953. The predicted octanol–water partition coefficient (Wildman–Crippen LogP) is 0.855. The van der Waals surface area contributed by atoms with Gasteiger partial charge in [0.05, 0.1) is 6.10 Å². The first-order valence-electron chi connectivity index (χ1n) is 4.59. The molecule has 0 aromatic carbocycles. The predicted molar refractivity (Wildman–Crippen MR) is 49.7 cm³/mol. The van der Waals surface area contributed by atoms with Crippen molar-refractivity contribution in [3.05, 3.63) is 0 Å². The van der Waals surface area contributed by atoms with Crippen LogP contribution >= 0.6 is 0 Å². The van der Waals surface area contributed by atoms with Crippen molar-refractivity contribution in [1.82, 2.24) is 4.90 Å². The molecule has 1 rings (SSSR count). The molecule has 0 aromatic heterocycles. The molecule has 1 saturated heterocycles. The summed E-state index contributed by atoms with van der Waals surface area (Å²) in [6, 6.07) is 0.488. The van der Waals surface area contributed by atoms with Crippen LogP contribution in [0.25, 0.3) is 0 Å². The van der Waals surface area contributed by atoms with E-state index >= 15 is 0 Å². The Hall–Kier alpha value is -0.520. The number of likely N-dealkylation sites (tertiary alicyclic amines) is 1. The molecule has 0 aromatic rings. The third kappa shape index (κ3) is 2.51. The van der Waals surface area contributed by atoms with Gasteiger partial charge in [0.1, 0.15) is 0 Å². The lowest BCUT2D eigenvalue weighted by molar-refractivity contribution is 0.0496. The first kappa shape index (κ1) is 9.57. The molecule has 1 aliphatic rings. The van der Waals surface area contributed by atoms with Gasteiger partial charge in [-0.15, -0.1) is 12.3 Å². The molecule has 0 spiro atoms. The third-order valence-corrected chi connectivity index (χ3v) is 2.53. The van der Waals surface area contributed by atoms with Crippen LogP contribution in [0.15, 0.2) is 0 Å². The summed E-state index contributed by atoms with van der Waals surface area (Å²) in [4.78, 5) is 2.35. The van der Waals surface area contributed by atoms with Gasteiger partial charge >= 0.3 is 0 Å². The van der Waals surface area contributed by atoms with Gasteiger partial charge in [0.15, 0.2) is 0 Å². The topological polar surface area (TPSA) is 23.5 Å². The van der Waals surface area contributed by atoms with Crippen molar-refractivity contribution in [3.8, 4) is 12.3 Å². The largest absolute Gasteiger partial charge is 0.393 e. The lowest BCUT2D eigenvalue weighted by Gasteiger charge is -2.35. The fourth-order valence-electron chi connectivity index (χ4n) is 1.74. The second-order valence-corrected chi connectivity index (χ2v) is 3.52. The molecule has 12 heavy (non-hydrogen) atoms. The molecule has 0 unspecified atom stereocenters. The molecule has 2 atom stereocenters. The van der Waals surface area contributed by atoms with Gasteiger partial charge in [-0.3, -0.25) is 4.90 Å². The molecule has 68 valence electrons. The van der Waals surface area contributed by atoms with E-state index in [1.54, 1.807) is 0 Å². The molecule has 2 nitrogen and oxygen atoms in total. The van der Waals surface area contributed by atoms with Gasteiger partial charge in [-0.05, 0) is 19.8 Å². The Kier molecular flexibility index (Phi) is 3.58. The summed E-state index contributed by atoms with van der Waals surface area (Å²) in [7, 11) is 0. The molecule has 1 heterocycles. The SMILES string of the molecule is C#CCCN1CC[C@H](O)C[C@@H]1C. The van der Waals surface area contributed by atoms with Gasteiger partial charge in [0.2, 0.25) is 0 Å². The number of hydrogen-bond acceptors (Lipinski definition) is 2. The molecule has 0 radical (unpaired) electrons. The van der Waals surface area contributed by atoms with E-state index in [-0.39, 0.29) is 6.10 Å². The summed E-state index contributed by atoms with van der Waals surface area (Å²) in [6.07, 6.45) is 7.71. The van der Waals surface area contributed by atoms with Crippen molar-refractivity contribution in [2.75, 3.05) is 13.1 Å². The Morgan fingerprint density at radius 1 is 1.67 bits per heavy atom. The molecular weight excluding hydrogens is 150 g/mol. The molecule has 0 saturated carbocycles. The number of terminal acetylenes is 1. The van der Waals surface area contributed by atoms with Gasteiger partial charge in [0.25, 0.3) is 0 Å². The van der Waals surface area contributed by atoms with Crippen molar-refractivity contribution < 1.29 is 5.11 Å². The van der Waals surface area contributed by atoms with Crippen LogP contribution in [0.2, 0.25) is 0 Å². The normalized spacial score (nSPS) is 31.4. The van der Waals surface area contributed by atoms with Crippen molar-refractivity contribution in [1.29, 1.82) is 0 Å². The van der Waals surface area contributed by atoms with Crippen LogP contribution in [0.3, 0.4) is 0 Å². The van der Waals surface area contributed by atoms with E-state index < -0.39 is 0 Å². The highest BCUT2D eigenvalue weighted by Gasteiger charge is 2.22.